The van der Waals surface area contributed by atoms with Crippen molar-refractivity contribution >= 4 is 0 Å². The summed E-state index contributed by atoms with van der Waals surface area (Å²) in [7, 11) is 1.88. The molecule has 0 saturated carbocycles. The monoisotopic (exact) mass is 203 g/mol. The van der Waals surface area contributed by atoms with Crippen molar-refractivity contribution in [3.05, 3.63) is 60.9 Å². The standard InChI is InChI=1S/C14H21N/c1-4-5-6-7-8-11-14(2)12-9-10-13-15-3/h5-10,12-13,15H,2,4,11H2,1,3H3/b6-5-,8-7-,12-9-,13-10-. The summed E-state index contributed by atoms with van der Waals surface area (Å²) < 4.78 is 0. The van der Waals surface area contributed by atoms with E-state index in [4.69, 9.17) is 0 Å². The molecule has 0 aromatic rings. The summed E-state index contributed by atoms with van der Waals surface area (Å²) in [5.74, 6) is 0. The Labute approximate surface area is 93.6 Å². The van der Waals surface area contributed by atoms with Crippen molar-refractivity contribution in [3.8, 4) is 0 Å². The molecule has 0 aliphatic carbocycles. The van der Waals surface area contributed by atoms with Gasteiger partial charge in [0.15, 0.2) is 0 Å². The fourth-order valence-electron chi connectivity index (χ4n) is 0.924. The second kappa shape index (κ2) is 10.6. The van der Waals surface area contributed by atoms with Crippen molar-refractivity contribution in [2.45, 2.75) is 19.8 Å². The summed E-state index contributed by atoms with van der Waals surface area (Å²) in [4.78, 5) is 0. The molecule has 0 atom stereocenters. The van der Waals surface area contributed by atoms with Gasteiger partial charge in [0.25, 0.3) is 0 Å². The lowest BCUT2D eigenvalue weighted by Gasteiger charge is -1.91. The van der Waals surface area contributed by atoms with E-state index in [1.807, 2.05) is 31.5 Å². The van der Waals surface area contributed by atoms with Gasteiger partial charge in [-0.3, -0.25) is 0 Å². The molecule has 15 heavy (non-hydrogen) atoms. The Morgan fingerprint density at radius 2 is 1.87 bits per heavy atom. The first-order valence-corrected chi connectivity index (χ1v) is 5.31. The molecule has 0 aliphatic rings. The third kappa shape index (κ3) is 10.4. The maximum Gasteiger partial charge on any atom is 0.00277 e. The minimum atomic E-state index is 0.901. The molecule has 0 unspecified atom stereocenters. The quantitative estimate of drug-likeness (QED) is 0.621. The lowest BCUT2D eigenvalue weighted by molar-refractivity contribution is 1.10. The number of hydrogen-bond donors (Lipinski definition) is 1. The van der Waals surface area contributed by atoms with E-state index in [2.05, 4.69) is 43.1 Å². The highest BCUT2D eigenvalue weighted by Gasteiger charge is 1.81. The third-order valence-corrected chi connectivity index (χ3v) is 1.70. The summed E-state index contributed by atoms with van der Waals surface area (Å²) in [6, 6.07) is 0. The van der Waals surface area contributed by atoms with Crippen LogP contribution in [0.25, 0.3) is 0 Å². The molecule has 0 bridgehead atoms. The molecular formula is C14H21N. The van der Waals surface area contributed by atoms with Crippen LogP contribution in [-0.4, -0.2) is 7.05 Å². The summed E-state index contributed by atoms with van der Waals surface area (Å²) in [5, 5.41) is 2.92. The molecule has 0 amide bonds. The van der Waals surface area contributed by atoms with E-state index in [9.17, 15) is 0 Å². The van der Waals surface area contributed by atoms with Gasteiger partial charge in [0.1, 0.15) is 0 Å². The first kappa shape index (κ1) is 13.5. The van der Waals surface area contributed by atoms with E-state index >= 15 is 0 Å². The van der Waals surface area contributed by atoms with Gasteiger partial charge < -0.3 is 5.32 Å². The van der Waals surface area contributed by atoms with Gasteiger partial charge >= 0.3 is 0 Å². The van der Waals surface area contributed by atoms with Gasteiger partial charge in [-0.1, -0.05) is 55.5 Å². The lowest BCUT2D eigenvalue weighted by atomic mass is 10.2. The fourth-order valence-corrected chi connectivity index (χ4v) is 0.924. The van der Waals surface area contributed by atoms with E-state index in [-0.39, 0.29) is 0 Å². The molecule has 0 aliphatic heterocycles. The highest BCUT2D eigenvalue weighted by molar-refractivity contribution is 5.22. The van der Waals surface area contributed by atoms with Crippen LogP contribution in [0.3, 0.4) is 0 Å². The molecule has 0 heterocycles. The second-order valence-electron chi connectivity index (χ2n) is 3.13. The van der Waals surface area contributed by atoms with Gasteiger partial charge in [0.05, 0.1) is 0 Å². The van der Waals surface area contributed by atoms with Crippen molar-refractivity contribution in [2.75, 3.05) is 7.05 Å². The Bertz CT molecular complexity index is 267. The molecule has 1 nitrogen and oxygen atoms in total. The maximum absolute atomic E-state index is 3.95. The maximum atomic E-state index is 3.95. The molecule has 1 N–H and O–H groups in total. The van der Waals surface area contributed by atoms with Crippen molar-refractivity contribution in [1.82, 2.24) is 5.32 Å². The van der Waals surface area contributed by atoms with Crippen LogP contribution >= 0.6 is 0 Å². The van der Waals surface area contributed by atoms with Crippen LogP contribution in [0.1, 0.15) is 19.8 Å². The van der Waals surface area contributed by atoms with Gasteiger partial charge in [0, 0.05) is 7.05 Å². The second-order valence-corrected chi connectivity index (χ2v) is 3.13. The predicted molar refractivity (Wildman–Crippen MR) is 69.7 cm³/mol. The van der Waals surface area contributed by atoms with Crippen LogP contribution in [0.4, 0.5) is 0 Å². The zero-order valence-corrected chi connectivity index (χ0v) is 9.74. The topological polar surface area (TPSA) is 12.0 Å². The van der Waals surface area contributed by atoms with E-state index in [0.717, 1.165) is 18.4 Å². The summed E-state index contributed by atoms with van der Waals surface area (Å²) >= 11 is 0. The number of rotatable bonds is 7. The first-order chi connectivity index (χ1) is 7.31. The Morgan fingerprint density at radius 1 is 1.13 bits per heavy atom. The van der Waals surface area contributed by atoms with Crippen LogP contribution < -0.4 is 5.32 Å². The zero-order chi connectivity index (χ0) is 11.4. The molecule has 0 aromatic carbocycles. The summed E-state index contributed by atoms with van der Waals surface area (Å²) in [6.07, 6.45) is 18.2. The molecule has 0 fully saturated rings. The van der Waals surface area contributed by atoms with Gasteiger partial charge in [0.2, 0.25) is 0 Å². The summed E-state index contributed by atoms with van der Waals surface area (Å²) in [5.41, 5.74) is 1.11. The minimum absolute atomic E-state index is 0.901. The van der Waals surface area contributed by atoms with Crippen molar-refractivity contribution in [3.63, 3.8) is 0 Å². The average Bonchev–Trinajstić information content (AvgIpc) is 2.24. The third-order valence-electron chi connectivity index (χ3n) is 1.70. The van der Waals surface area contributed by atoms with E-state index in [1.54, 1.807) is 0 Å². The van der Waals surface area contributed by atoms with Gasteiger partial charge in [-0.05, 0) is 25.1 Å². The molecular weight excluding hydrogens is 182 g/mol. The Morgan fingerprint density at radius 3 is 2.53 bits per heavy atom. The predicted octanol–water partition coefficient (Wildman–Crippen LogP) is 3.74. The molecule has 0 radical (unpaired) electrons. The zero-order valence-electron chi connectivity index (χ0n) is 9.74. The fraction of sp³-hybridized carbons (Fsp3) is 0.286. The average molecular weight is 203 g/mol. The number of hydrogen-bond acceptors (Lipinski definition) is 1. The molecule has 0 saturated heterocycles. The highest BCUT2D eigenvalue weighted by Crippen LogP contribution is 2.01. The molecule has 0 spiro atoms. The Hall–Kier alpha value is -1.50. The van der Waals surface area contributed by atoms with Crippen molar-refractivity contribution < 1.29 is 0 Å². The van der Waals surface area contributed by atoms with Crippen LogP contribution in [0.5, 0.6) is 0 Å². The van der Waals surface area contributed by atoms with E-state index in [1.165, 1.54) is 0 Å². The van der Waals surface area contributed by atoms with Gasteiger partial charge in [-0.15, -0.1) is 0 Å². The Balaban J connectivity index is 3.74. The highest BCUT2D eigenvalue weighted by atomic mass is 14.8. The SMILES string of the molecule is C=C(/C=C\C=C/NC)C/C=C\C=C/CC. The molecule has 1 heteroatoms. The van der Waals surface area contributed by atoms with E-state index in [0.29, 0.717) is 0 Å². The minimum Gasteiger partial charge on any atom is -0.394 e. The van der Waals surface area contributed by atoms with Crippen molar-refractivity contribution in [2.24, 2.45) is 0 Å². The van der Waals surface area contributed by atoms with Crippen molar-refractivity contribution in [1.29, 1.82) is 0 Å². The summed E-state index contributed by atoms with van der Waals surface area (Å²) in [6.45, 7) is 6.08. The number of allylic oxidation sites excluding steroid dienone is 8. The van der Waals surface area contributed by atoms with Gasteiger partial charge in [-0.25, -0.2) is 0 Å². The van der Waals surface area contributed by atoms with Crippen LogP contribution in [0, 0.1) is 0 Å². The van der Waals surface area contributed by atoms with Gasteiger partial charge in [-0.2, -0.15) is 0 Å². The first-order valence-electron chi connectivity index (χ1n) is 5.31. The van der Waals surface area contributed by atoms with E-state index < -0.39 is 0 Å². The largest absolute Gasteiger partial charge is 0.394 e. The Kier molecular flexibility index (Phi) is 9.52. The normalized spacial score (nSPS) is 12.4. The molecule has 82 valence electrons. The number of nitrogens with one attached hydrogen (secondary N) is 1. The van der Waals surface area contributed by atoms with Crippen LogP contribution in [-0.2, 0) is 0 Å². The van der Waals surface area contributed by atoms with Crippen LogP contribution in [0.15, 0.2) is 60.9 Å². The van der Waals surface area contributed by atoms with Crippen LogP contribution in [0.2, 0.25) is 0 Å². The molecule has 0 aromatic heterocycles. The lowest BCUT2D eigenvalue weighted by Crippen LogP contribution is -1.89. The molecule has 0 rings (SSSR count). The smallest absolute Gasteiger partial charge is 0.00277 e.